The summed E-state index contributed by atoms with van der Waals surface area (Å²) in [7, 11) is 0. The summed E-state index contributed by atoms with van der Waals surface area (Å²) in [6, 6.07) is 8.39. The zero-order valence-corrected chi connectivity index (χ0v) is 12.2. The van der Waals surface area contributed by atoms with Crippen molar-refractivity contribution in [3.05, 3.63) is 35.4 Å². The van der Waals surface area contributed by atoms with Crippen LogP contribution in [0.15, 0.2) is 24.3 Å². The summed E-state index contributed by atoms with van der Waals surface area (Å²) in [5, 5.41) is 3.38. The SMILES string of the molecule is O=C(CCC1CCNCC1)c1cccc(C2CCC2)c1. The van der Waals surface area contributed by atoms with E-state index in [0.29, 0.717) is 11.7 Å². The van der Waals surface area contributed by atoms with Gasteiger partial charge in [0.25, 0.3) is 0 Å². The van der Waals surface area contributed by atoms with Gasteiger partial charge in [0.15, 0.2) is 5.78 Å². The van der Waals surface area contributed by atoms with Crippen molar-refractivity contribution in [2.24, 2.45) is 5.92 Å². The molecule has 2 heteroatoms. The predicted molar refractivity (Wildman–Crippen MR) is 82.2 cm³/mol. The lowest BCUT2D eigenvalue weighted by Gasteiger charge is -2.26. The molecule has 0 amide bonds. The van der Waals surface area contributed by atoms with Crippen LogP contribution in [0.3, 0.4) is 0 Å². The van der Waals surface area contributed by atoms with Gasteiger partial charge in [-0.2, -0.15) is 0 Å². The zero-order chi connectivity index (χ0) is 13.8. The molecule has 0 unspecified atom stereocenters. The molecule has 1 saturated heterocycles. The van der Waals surface area contributed by atoms with Crippen molar-refractivity contribution in [2.75, 3.05) is 13.1 Å². The van der Waals surface area contributed by atoms with E-state index in [9.17, 15) is 4.79 Å². The average Bonchev–Trinajstić information content (AvgIpc) is 2.44. The highest BCUT2D eigenvalue weighted by molar-refractivity contribution is 5.96. The summed E-state index contributed by atoms with van der Waals surface area (Å²) >= 11 is 0. The summed E-state index contributed by atoms with van der Waals surface area (Å²) in [6.07, 6.45) is 8.19. The molecule has 1 N–H and O–H groups in total. The normalized spacial score (nSPS) is 20.6. The molecule has 1 heterocycles. The maximum absolute atomic E-state index is 12.4. The number of piperidine rings is 1. The van der Waals surface area contributed by atoms with Crippen molar-refractivity contribution in [1.82, 2.24) is 5.32 Å². The van der Waals surface area contributed by atoms with E-state index in [0.717, 1.165) is 37.4 Å². The largest absolute Gasteiger partial charge is 0.317 e. The fraction of sp³-hybridized carbons (Fsp3) is 0.611. The number of nitrogens with one attached hydrogen (secondary N) is 1. The zero-order valence-electron chi connectivity index (χ0n) is 12.2. The van der Waals surface area contributed by atoms with Crippen molar-refractivity contribution in [3.63, 3.8) is 0 Å². The van der Waals surface area contributed by atoms with Crippen molar-refractivity contribution >= 4 is 5.78 Å². The van der Waals surface area contributed by atoms with E-state index >= 15 is 0 Å². The fourth-order valence-electron chi connectivity index (χ4n) is 3.36. The van der Waals surface area contributed by atoms with E-state index in [1.54, 1.807) is 0 Å². The molecule has 0 bridgehead atoms. The number of rotatable bonds is 5. The van der Waals surface area contributed by atoms with Gasteiger partial charge in [0.1, 0.15) is 0 Å². The Kier molecular flexibility index (Phi) is 4.51. The third kappa shape index (κ3) is 3.29. The van der Waals surface area contributed by atoms with Gasteiger partial charge in [-0.15, -0.1) is 0 Å². The Morgan fingerprint density at radius 3 is 2.65 bits per heavy atom. The highest BCUT2D eigenvalue weighted by Crippen LogP contribution is 2.36. The summed E-state index contributed by atoms with van der Waals surface area (Å²) < 4.78 is 0. The van der Waals surface area contributed by atoms with Crippen LogP contribution < -0.4 is 5.32 Å². The summed E-state index contributed by atoms with van der Waals surface area (Å²) in [5.74, 6) is 1.80. The van der Waals surface area contributed by atoms with Gasteiger partial charge in [0.05, 0.1) is 0 Å². The molecule has 0 atom stereocenters. The van der Waals surface area contributed by atoms with Crippen molar-refractivity contribution in [1.29, 1.82) is 0 Å². The van der Waals surface area contributed by atoms with Crippen LogP contribution >= 0.6 is 0 Å². The molecule has 1 aliphatic heterocycles. The van der Waals surface area contributed by atoms with Gasteiger partial charge in [0, 0.05) is 12.0 Å². The first-order valence-corrected chi connectivity index (χ1v) is 8.17. The summed E-state index contributed by atoms with van der Waals surface area (Å²) in [5.41, 5.74) is 2.31. The Bertz CT molecular complexity index is 458. The van der Waals surface area contributed by atoms with Crippen LogP contribution in [0, 0.1) is 5.92 Å². The molecule has 2 aliphatic rings. The first-order valence-electron chi connectivity index (χ1n) is 8.17. The Balaban J connectivity index is 1.55. The van der Waals surface area contributed by atoms with E-state index in [2.05, 4.69) is 23.5 Å². The van der Waals surface area contributed by atoms with E-state index in [1.807, 2.05) is 6.07 Å². The van der Waals surface area contributed by atoms with E-state index in [4.69, 9.17) is 0 Å². The number of hydrogen-bond donors (Lipinski definition) is 1. The molecule has 1 aromatic carbocycles. The third-order valence-electron chi connectivity index (χ3n) is 5.02. The standard InChI is InChI=1S/C18H25NO/c20-18(8-7-14-9-11-19-12-10-14)17-6-2-5-16(13-17)15-3-1-4-15/h2,5-6,13-15,19H,1,3-4,7-12H2. The summed E-state index contributed by atoms with van der Waals surface area (Å²) in [6.45, 7) is 2.24. The Morgan fingerprint density at radius 1 is 1.15 bits per heavy atom. The van der Waals surface area contributed by atoms with Crippen LogP contribution in [0.25, 0.3) is 0 Å². The van der Waals surface area contributed by atoms with Crippen molar-refractivity contribution in [3.8, 4) is 0 Å². The molecule has 108 valence electrons. The van der Waals surface area contributed by atoms with Gasteiger partial charge >= 0.3 is 0 Å². The van der Waals surface area contributed by atoms with Crippen molar-refractivity contribution in [2.45, 2.75) is 50.9 Å². The quantitative estimate of drug-likeness (QED) is 0.822. The minimum Gasteiger partial charge on any atom is -0.317 e. The lowest BCUT2D eigenvalue weighted by Crippen LogP contribution is -2.28. The molecule has 3 rings (SSSR count). The minimum atomic E-state index is 0.338. The van der Waals surface area contributed by atoms with Crippen LogP contribution in [0.2, 0.25) is 0 Å². The maximum Gasteiger partial charge on any atom is 0.162 e. The number of benzene rings is 1. The molecule has 0 aromatic heterocycles. The Morgan fingerprint density at radius 2 is 1.95 bits per heavy atom. The van der Waals surface area contributed by atoms with Crippen LogP contribution in [0.5, 0.6) is 0 Å². The Hall–Kier alpha value is -1.15. The fourth-order valence-corrected chi connectivity index (χ4v) is 3.36. The lowest BCUT2D eigenvalue weighted by molar-refractivity contribution is 0.0970. The second-order valence-corrected chi connectivity index (χ2v) is 6.41. The lowest BCUT2D eigenvalue weighted by atomic mass is 9.79. The van der Waals surface area contributed by atoms with Gasteiger partial charge in [-0.3, -0.25) is 4.79 Å². The average molecular weight is 271 g/mol. The molecule has 2 fully saturated rings. The van der Waals surface area contributed by atoms with Crippen LogP contribution in [-0.2, 0) is 0 Å². The van der Waals surface area contributed by atoms with Gasteiger partial charge in [-0.1, -0.05) is 24.6 Å². The first-order chi connectivity index (χ1) is 9.83. The van der Waals surface area contributed by atoms with Gasteiger partial charge in [-0.05, 0) is 68.7 Å². The van der Waals surface area contributed by atoms with Gasteiger partial charge in [-0.25, -0.2) is 0 Å². The molecule has 0 radical (unpaired) electrons. The molecule has 1 aromatic rings. The highest BCUT2D eigenvalue weighted by atomic mass is 16.1. The molecule has 2 nitrogen and oxygen atoms in total. The second kappa shape index (κ2) is 6.53. The van der Waals surface area contributed by atoms with Crippen molar-refractivity contribution < 1.29 is 4.79 Å². The van der Waals surface area contributed by atoms with Crippen LogP contribution in [0.1, 0.15) is 66.8 Å². The number of Topliss-reactive ketones (excluding diaryl/α,β-unsaturated/α-hetero) is 1. The molecule has 1 aliphatic carbocycles. The maximum atomic E-state index is 12.4. The van der Waals surface area contributed by atoms with Gasteiger partial charge in [0.2, 0.25) is 0 Å². The van der Waals surface area contributed by atoms with Gasteiger partial charge < -0.3 is 5.32 Å². The number of carbonyl (C=O) groups is 1. The topological polar surface area (TPSA) is 29.1 Å². The summed E-state index contributed by atoms with van der Waals surface area (Å²) in [4.78, 5) is 12.4. The smallest absolute Gasteiger partial charge is 0.162 e. The molecule has 20 heavy (non-hydrogen) atoms. The van der Waals surface area contributed by atoms with E-state index in [1.165, 1.54) is 37.7 Å². The molecular formula is C18H25NO. The number of carbonyl (C=O) groups excluding carboxylic acids is 1. The minimum absolute atomic E-state index is 0.338. The Labute approximate surface area is 122 Å². The molecule has 1 saturated carbocycles. The number of ketones is 1. The molecule has 0 spiro atoms. The third-order valence-corrected chi connectivity index (χ3v) is 5.02. The highest BCUT2D eigenvalue weighted by Gasteiger charge is 2.20. The van der Waals surface area contributed by atoms with Crippen LogP contribution in [-0.4, -0.2) is 18.9 Å². The van der Waals surface area contributed by atoms with E-state index < -0.39 is 0 Å². The second-order valence-electron chi connectivity index (χ2n) is 6.41. The number of hydrogen-bond acceptors (Lipinski definition) is 2. The predicted octanol–water partition coefficient (Wildman–Crippen LogP) is 3.92. The monoisotopic (exact) mass is 271 g/mol. The van der Waals surface area contributed by atoms with Crippen LogP contribution in [0.4, 0.5) is 0 Å². The van der Waals surface area contributed by atoms with E-state index in [-0.39, 0.29) is 0 Å². The first kappa shape index (κ1) is 13.8. The molecular weight excluding hydrogens is 246 g/mol.